The molecule has 0 heterocycles. The molecule has 0 aliphatic heterocycles. The van der Waals surface area contributed by atoms with Gasteiger partial charge < -0.3 is 18.9 Å². The number of nitrogens with zero attached hydrogens (tertiary/aromatic N) is 1. The molecule has 0 aliphatic rings. The molecule has 0 saturated heterocycles. The average molecular weight is 409 g/mol. The van der Waals surface area contributed by atoms with Crippen LogP contribution in [-0.2, 0) is 21.4 Å². The molecule has 0 aromatic heterocycles. The Labute approximate surface area is 164 Å². The lowest BCUT2D eigenvalue weighted by Crippen LogP contribution is -2.23. The van der Waals surface area contributed by atoms with Crippen LogP contribution in [0, 0.1) is 0 Å². The number of carbonyl (C=O) groups excluding carboxylic acids is 1. The second-order valence-corrected chi connectivity index (χ2v) is 8.03. The minimum Gasteiger partial charge on any atom is -0.497 e. The lowest BCUT2D eigenvalue weighted by Gasteiger charge is -2.15. The number of benzene rings is 2. The summed E-state index contributed by atoms with van der Waals surface area (Å²) >= 11 is 0. The zero-order valence-corrected chi connectivity index (χ0v) is 17.2. The molecule has 8 nitrogen and oxygen atoms in total. The smallest absolute Gasteiger partial charge is 0.338 e. The molecule has 0 atom stereocenters. The van der Waals surface area contributed by atoms with Gasteiger partial charge in [-0.25, -0.2) is 17.5 Å². The summed E-state index contributed by atoms with van der Waals surface area (Å²) in [7, 11) is 3.39. The maximum Gasteiger partial charge on any atom is 0.338 e. The molecule has 2 rings (SSSR count). The zero-order valence-electron chi connectivity index (χ0n) is 16.4. The van der Waals surface area contributed by atoms with Crippen molar-refractivity contribution in [3.63, 3.8) is 0 Å². The highest BCUT2D eigenvalue weighted by Gasteiger charge is 2.24. The molecule has 0 bridgehead atoms. The van der Waals surface area contributed by atoms with E-state index in [1.165, 1.54) is 53.6 Å². The van der Waals surface area contributed by atoms with E-state index in [0.717, 1.165) is 4.31 Å². The Hall–Kier alpha value is -2.78. The lowest BCUT2D eigenvalue weighted by molar-refractivity contribution is 0.0469. The summed E-state index contributed by atoms with van der Waals surface area (Å²) in [5, 5.41) is 0. The molecule has 2 aromatic carbocycles. The second kappa shape index (κ2) is 8.94. The number of methoxy groups -OCH3 is 3. The van der Waals surface area contributed by atoms with Gasteiger partial charge in [-0.3, -0.25) is 0 Å². The van der Waals surface area contributed by atoms with E-state index in [1.807, 2.05) is 0 Å². The maximum atomic E-state index is 12.5. The number of esters is 1. The van der Waals surface area contributed by atoms with Crippen molar-refractivity contribution < 1.29 is 32.2 Å². The second-order valence-electron chi connectivity index (χ2n) is 5.91. The monoisotopic (exact) mass is 409 g/mol. The van der Waals surface area contributed by atoms with Crippen LogP contribution in [-0.4, -0.2) is 54.1 Å². The van der Waals surface area contributed by atoms with Crippen molar-refractivity contribution in [2.24, 2.45) is 0 Å². The molecule has 152 valence electrons. The topological polar surface area (TPSA) is 91.4 Å². The first-order chi connectivity index (χ1) is 13.2. The van der Waals surface area contributed by atoms with Crippen molar-refractivity contribution in [3.05, 3.63) is 47.5 Å². The van der Waals surface area contributed by atoms with Gasteiger partial charge in [0.15, 0.2) is 0 Å². The molecular formula is C19H23NO7S. The first kappa shape index (κ1) is 21.5. The van der Waals surface area contributed by atoms with Crippen molar-refractivity contribution in [2.75, 3.05) is 35.4 Å². The van der Waals surface area contributed by atoms with Crippen LogP contribution in [0.25, 0.3) is 0 Å². The summed E-state index contributed by atoms with van der Waals surface area (Å²) in [5.74, 6) is 0.595. The van der Waals surface area contributed by atoms with Gasteiger partial charge in [0.2, 0.25) is 10.0 Å². The Balaban J connectivity index is 2.29. The number of carbonyl (C=O) groups is 1. The molecule has 2 aromatic rings. The first-order valence-electron chi connectivity index (χ1n) is 8.23. The summed E-state index contributed by atoms with van der Waals surface area (Å²) in [6, 6.07) is 9.22. The van der Waals surface area contributed by atoms with E-state index in [4.69, 9.17) is 18.9 Å². The Kier molecular flexibility index (Phi) is 6.87. The standard InChI is InChI=1S/C19H23NO7S/c1-20(2)28(22,23)18-11-13(6-8-17(18)26-5)19(21)27-12-14-10-15(24-3)7-9-16(14)25-4/h6-11H,12H2,1-5H3. The molecule has 0 unspecified atom stereocenters. The van der Waals surface area contributed by atoms with E-state index >= 15 is 0 Å². The van der Waals surface area contributed by atoms with E-state index in [1.54, 1.807) is 18.2 Å². The van der Waals surface area contributed by atoms with Gasteiger partial charge >= 0.3 is 5.97 Å². The van der Waals surface area contributed by atoms with Gasteiger partial charge in [-0.1, -0.05) is 0 Å². The predicted molar refractivity (Wildman–Crippen MR) is 103 cm³/mol. The van der Waals surface area contributed by atoms with E-state index in [9.17, 15) is 13.2 Å². The van der Waals surface area contributed by atoms with E-state index in [2.05, 4.69) is 0 Å². The predicted octanol–water partition coefficient (Wildman–Crippen LogP) is 2.32. The summed E-state index contributed by atoms with van der Waals surface area (Å²) in [4.78, 5) is 12.4. The highest BCUT2D eigenvalue weighted by molar-refractivity contribution is 7.89. The maximum absolute atomic E-state index is 12.5. The minimum absolute atomic E-state index is 0.0685. The molecule has 0 aliphatic carbocycles. The van der Waals surface area contributed by atoms with Gasteiger partial charge in [0.1, 0.15) is 28.8 Å². The fourth-order valence-corrected chi connectivity index (χ4v) is 3.50. The first-order valence-corrected chi connectivity index (χ1v) is 9.67. The SMILES string of the molecule is COc1ccc(OC)c(COC(=O)c2ccc(OC)c(S(=O)(=O)N(C)C)c2)c1. The zero-order chi connectivity index (χ0) is 20.9. The van der Waals surface area contributed by atoms with Crippen molar-refractivity contribution in [2.45, 2.75) is 11.5 Å². The highest BCUT2D eigenvalue weighted by Crippen LogP contribution is 2.28. The Bertz CT molecular complexity index is 955. The molecule has 0 saturated carbocycles. The summed E-state index contributed by atoms with van der Waals surface area (Å²) < 4.78 is 46.9. The van der Waals surface area contributed by atoms with Crippen LogP contribution in [0.15, 0.2) is 41.3 Å². The van der Waals surface area contributed by atoms with Crippen molar-refractivity contribution >= 4 is 16.0 Å². The van der Waals surface area contributed by atoms with Gasteiger partial charge in [0.25, 0.3) is 0 Å². The Morgan fingerprint density at radius 1 is 0.929 bits per heavy atom. The number of hydrogen-bond acceptors (Lipinski definition) is 7. The van der Waals surface area contributed by atoms with Crippen LogP contribution in [0.5, 0.6) is 17.2 Å². The van der Waals surface area contributed by atoms with Crippen molar-refractivity contribution in [1.29, 1.82) is 0 Å². The number of sulfonamides is 1. The van der Waals surface area contributed by atoms with Crippen LogP contribution >= 0.6 is 0 Å². The van der Waals surface area contributed by atoms with Crippen LogP contribution in [0.2, 0.25) is 0 Å². The van der Waals surface area contributed by atoms with Crippen molar-refractivity contribution in [1.82, 2.24) is 4.31 Å². The molecule has 28 heavy (non-hydrogen) atoms. The number of ether oxygens (including phenoxy) is 4. The molecule has 0 N–H and O–H groups in total. The highest BCUT2D eigenvalue weighted by atomic mass is 32.2. The minimum atomic E-state index is -3.80. The van der Waals surface area contributed by atoms with Gasteiger partial charge in [-0.15, -0.1) is 0 Å². The quantitative estimate of drug-likeness (QED) is 0.618. The van der Waals surface area contributed by atoms with Crippen LogP contribution in [0.4, 0.5) is 0 Å². The molecule has 0 radical (unpaired) electrons. The van der Waals surface area contributed by atoms with Crippen LogP contribution < -0.4 is 14.2 Å². The van der Waals surface area contributed by atoms with E-state index in [-0.39, 0.29) is 22.8 Å². The Morgan fingerprint density at radius 2 is 1.57 bits per heavy atom. The third kappa shape index (κ3) is 4.55. The van der Waals surface area contributed by atoms with Gasteiger partial charge in [-0.05, 0) is 36.4 Å². The van der Waals surface area contributed by atoms with Crippen molar-refractivity contribution in [3.8, 4) is 17.2 Å². The third-order valence-electron chi connectivity index (χ3n) is 4.00. The van der Waals surface area contributed by atoms with Gasteiger partial charge in [0.05, 0.1) is 26.9 Å². The van der Waals surface area contributed by atoms with Crippen LogP contribution in [0.1, 0.15) is 15.9 Å². The summed E-state index contributed by atoms with van der Waals surface area (Å²) in [6.45, 7) is -0.0685. The molecule has 9 heteroatoms. The van der Waals surface area contributed by atoms with E-state index < -0.39 is 16.0 Å². The summed E-state index contributed by atoms with van der Waals surface area (Å²) in [5.41, 5.74) is 0.702. The molecule has 0 fully saturated rings. The van der Waals surface area contributed by atoms with Gasteiger partial charge in [0, 0.05) is 19.7 Å². The fourth-order valence-electron chi connectivity index (χ4n) is 2.42. The Morgan fingerprint density at radius 3 is 2.14 bits per heavy atom. The third-order valence-corrected chi connectivity index (χ3v) is 5.84. The molecular weight excluding hydrogens is 386 g/mol. The molecule has 0 spiro atoms. The fraction of sp³-hybridized carbons (Fsp3) is 0.316. The molecule has 0 amide bonds. The largest absolute Gasteiger partial charge is 0.497 e. The van der Waals surface area contributed by atoms with E-state index in [0.29, 0.717) is 17.1 Å². The lowest BCUT2D eigenvalue weighted by atomic mass is 10.2. The number of rotatable bonds is 8. The average Bonchev–Trinajstić information content (AvgIpc) is 2.70. The normalized spacial score (nSPS) is 11.2. The van der Waals surface area contributed by atoms with Crippen LogP contribution in [0.3, 0.4) is 0 Å². The number of hydrogen-bond donors (Lipinski definition) is 0. The van der Waals surface area contributed by atoms with Gasteiger partial charge in [-0.2, -0.15) is 0 Å². The summed E-state index contributed by atoms with van der Waals surface area (Å²) in [6.07, 6.45) is 0.